The number of anilines is 1. The Morgan fingerprint density at radius 1 is 1.00 bits per heavy atom. The number of hydrogen-bond donors (Lipinski definition) is 0. The number of halogens is 2. The van der Waals surface area contributed by atoms with Crippen molar-refractivity contribution in [1.82, 2.24) is 0 Å². The van der Waals surface area contributed by atoms with Crippen LogP contribution < -0.4 is 4.90 Å². The van der Waals surface area contributed by atoms with E-state index < -0.39 is 0 Å². The second kappa shape index (κ2) is 9.02. The quantitative estimate of drug-likeness (QED) is 0.281. The molecule has 34 heavy (non-hydrogen) atoms. The summed E-state index contributed by atoms with van der Waals surface area (Å²) >= 11 is 9.97. The molecule has 0 aromatic heterocycles. The number of nitrogens with zero attached hydrogens (tertiary/aromatic N) is 2. The van der Waals surface area contributed by atoms with Crippen molar-refractivity contribution in [2.75, 3.05) is 19.0 Å². The van der Waals surface area contributed by atoms with Gasteiger partial charge in [0.2, 0.25) is 5.69 Å². The molecule has 176 valence electrons. The van der Waals surface area contributed by atoms with Gasteiger partial charge >= 0.3 is 0 Å². The Kier molecular flexibility index (Phi) is 6.56. The van der Waals surface area contributed by atoms with Crippen LogP contribution in [0.15, 0.2) is 83.0 Å². The first-order valence-electron chi connectivity index (χ1n) is 11.6. The van der Waals surface area contributed by atoms with Gasteiger partial charge in [-0.2, -0.15) is 4.58 Å². The summed E-state index contributed by atoms with van der Waals surface area (Å²) in [6, 6.07) is 12.9. The highest BCUT2D eigenvalue weighted by Gasteiger charge is 2.43. The summed E-state index contributed by atoms with van der Waals surface area (Å²) < 4.78 is 3.27. The SMILES string of the molecule is Cc1ccc2c(c1)C(C)(C)\C(=C/C=C/C(Br)=C/C=C/C1=[N+](C)c3ccc(Cl)cc3C1(C)C)N2C. The number of likely N-dealkylation sites (N-methyl/N-ethyl adjacent to an activating group) is 1. The highest BCUT2D eigenvalue weighted by Crippen LogP contribution is 2.47. The predicted molar refractivity (Wildman–Crippen MR) is 151 cm³/mol. The molecule has 0 atom stereocenters. The zero-order valence-corrected chi connectivity index (χ0v) is 23.4. The molecule has 0 radical (unpaired) electrons. The number of rotatable bonds is 4. The molecule has 2 aliphatic rings. The largest absolute Gasteiger partial charge is 0.347 e. The van der Waals surface area contributed by atoms with Gasteiger partial charge in [0.15, 0.2) is 5.71 Å². The van der Waals surface area contributed by atoms with Gasteiger partial charge in [-0.05, 0) is 62.8 Å². The van der Waals surface area contributed by atoms with Gasteiger partial charge in [0, 0.05) is 51.1 Å². The van der Waals surface area contributed by atoms with Crippen LogP contribution in [0.1, 0.15) is 44.4 Å². The van der Waals surface area contributed by atoms with Gasteiger partial charge in [0.1, 0.15) is 7.05 Å². The summed E-state index contributed by atoms with van der Waals surface area (Å²) in [6.07, 6.45) is 12.8. The van der Waals surface area contributed by atoms with Gasteiger partial charge in [-0.1, -0.05) is 71.2 Å². The molecule has 2 heterocycles. The van der Waals surface area contributed by atoms with Crippen LogP contribution in [0.4, 0.5) is 11.4 Å². The van der Waals surface area contributed by atoms with Crippen molar-refractivity contribution in [1.29, 1.82) is 0 Å². The van der Waals surface area contributed by atoms with E-state index in [9.17, 15) is 0 Å². The molecule has 0 spiro atoms. The molecule has 4 rings (SSSR count). The van der Waals surface area contributed by atoms with Crippen LogP contribution in [-0.2, 0) is 10.8 Å². The molecule has 2 aromatic carbocycles. The molecule has 2 aromatic rings. The fraction of sp³-hybridized carbons (Fsp3) is 0.300. The summed E-state index contributed by atoms with van der Waals surface area (Å²) in [5.74, 6) is 0. The molecule has 2 aliphatic heterocycles. The maximum Gasteiger partial charge on any atom is 0.209 e. The van der Waals surface area contributed by atoms with Crippen molar-refractivity contribution in [2.45, 2.75) is 45.4 Å². The first kappa shape index (κ1) is 24.8. The van der Waals surface area contributed by atoms with Crippen molar-refractivity contribution in [3.8, 4) is 0 Å². The van der Waals surface area contributed by atoms with Gasteiger partial charge in [-0.3, -0.25) is 0 Å². The van der Waals surface area contributed by atoms with Crippen LogP contribution in [0.3, 0.4) is 0 Å². The van der Waals surface area contributed by atoms with Crippen molar-refractivity contribution >= 4 is 44.6 Å². The third-order valence-electron chi connectivity index (χ3n) is 7.20. The molecule has 0 saturated carbocycles. The topological polar surface area (TPSA) is 6.25 Å². The van der Waals surface area contributed by atoms with Crippen LogP contribution in [0.5, 0.6) is 0 Å². The molecule has 0 amide bonds. The van der Waals surface area contributed by atoms with Crippen molar-refractivity contribution in [2.24, 2.45) is 0 Å². The number of benzene rings is 2. The lowest BCUT2D eigenvalue weighted by Gasteiger charge is -2.23. The van der Waals surface area contributed by atoms with Gasteiger partial charge < -0.3 is 4.90 Å². The van der Waals surface area contributed by atoms with Gasteiger partial charge in [0.05, 0.1) is 5.41 Å². The molecular weight excluding hydrogens is 504 g/mol. The van der Waals surface area contributed by atoms with Crippen LogP contribution >= 0.6 is 27.5 Å². The van der Waals surface area contributed by atoms with Crippen molar-refractivity contribution < 1.29 is 4.58 Å². The fourth-order valence-corrected chi connectivity index (χ4v) is 5.75. The van der Waals surface area contributed by atoms with E-state index in [0.29, 0.717) is 0 Å². The number of aryl methyl sites for hydroxylation is 1. The van der Waals surface area contributed by atoms with Crippen LogP contribution in [0.2, 0.25) is 5.02 Å². The lowest BCUT2D eigenvalue weighted by atomic mass is 9.81. The zero-order chi connectivity index (χ0) is 24.8. The smallest absolute Gasteiger partial charge is 0.209 e. The molecule has 0 bridgehead atoms. The molecule has 0 saturated heterocycles. The third-order valence-corrected chi connectivity index (χ3v) is 7.97. The number of fused-ring (bicyclic) bond motifs is 2. The monoisotopic (exact) mass is 535 g/mol. The normalized spacial score (nSPS) is 20.2. The molecule has 0 unspecified atom stereocenters. The Hall–Kier alpha value is -2.36. The standard InChI is InChI=1S/C30H33BrClN2/c1-20-14-16-25-23(18-20)29(2,3)27(33(25)6)12-8-10-21(31)11-9-13-28-30(4,5)24-19-22(32)15-17-26(24)34(28)7/h8-19H,1-7H3/q+1. The highest BCUT2D eigenvalue weighted by atomic mass is 79.9. The molecule has 0 aliphatic carbocycles. The van der Waals surface area contributed by atoms with E-state index in [-0.39, 0.29) is 10.8 Å². The second-order valence-corrected chi connectivity index (χ2v) is 11.6. The average molecular weight is 537 g/mol. The van der Waals surface area contributed by atoms with E-state index in [1.165, 1.54) is 39.5 Å². The Bertz CT molecular complexity index is 1310. The Morgan fingerprint density at radius 2 is 1.74 bits per heavy atom. The van der Waals surface area contributed by atoms with Crippen molar-refractivity contribution in [3.05, 3.63) is 105 Å². The van der Waals surface area contributed by atoms with Crippen LogP contribution in [0, 0.1) is 6.92 Å². The molecule has 2 nitrogen and oxygen atoms in total. The van der Waals surface area contributed by atoms with E-state index in [1.54, 1.807) is 0 Å². The van der Waals surface area contributed by atoms with E-state index >= 15 is 0 Å². The number of allylic oxidation sites excluding steroid dienone is 8. The lowest BCUT2D eigenvalue weighted by molar-refractivity contribution is -0.401. The van der Waals surface area contributed by atoms with E-state index in [2.05, 4.69) is 141 Å². The summed E-state index contributed by atoms with van der Waals surface area (Å²) in [7, 11) is 4.27. The minimum absolute atomic E-state index is 0.0241. The predicted octanol–water partition coefficient (Wildman–Crippen LogP) is 8.36. The molecule has 4 heteroatoms. The molecule has 0 fully saturated rings. The van der Waals surface area contributed by atoms with Crippen LogP contribution in [0.25, 0.3) is 0 Å². The summed E-state index contributed by atoms with van der Waals surface area (Å²) in [5.41, 5.74) is 8.86. The third kappa shape index (κ3) is 4.25. The summed E-state index contributed by atoms with van der Waals surface area (Å²) in [4.78, 5) is 2.30. The molecular formula is C30H33BrClN2+. The van der Waals surface area contributed by atoms with Crippen LogP contribution in [-0.4, -0.2) is 24.4 Å². The Balaban J connectivity index is 1.52. The Labute approximate surface area is 217 Å². The van der Waals surface area contributed by atoms with E-state index in [1.807, 2.05) is 6.07 Å². The zero-order valence-electron chi connectivity index (χ0n) is 21.1. The fourth-order valence-electron chi connectivity index (χ4n) is 5.28. The minimum atomic E-state index is -0.0991. The van der Waals surface area contributed by atoms with E-state index in [4.69, 9.17) is 11.6 Å². The first-order valence-corrected chi connectivity index (χ1v) is 12.8. The van der Waals surface area contributed by atoms with E-state index in [0.717, 1.165) is 9.51 Å². The van der Waals surface area contributed by atoms with Gasteiger partial charge in [-0.25, -0.2) is 0 Å². The second-order valence-electron chi connectivity index (χ2n) is 10.3. The maximum atomic E-state index is 6.27. The summed E-state index contributed by atoms with van der Waals surface area (Å²) in [6.45, 7) is 11.2. The Morgan fingerprint density at radius 3 is 2.47 bits per heavy atom. The summed E-state index contributed by atoms with van der Waals surface area (Å²) in [5, 5.41) is 0.779. The lowest BCUT2D eigenvalue weighted by Crippen LogP contribution is -2.26. The first-order chi connectivity index (χ1) is 15.9. The van der Waals surface area contributed by atoms with Gasteiger partial charge in [0.25, 0.3) is 0 Å². The maximum absolute atomic E-state index is 6.27. The minimum Gasteiger partial charge on any atom is -0.347 e. The van der Waals surface area contributed by atoms with Crippen molar-refractivity contribution in [3.63, 3.8) is 0 Å². The average Bonchev–Trinajstić information content (AvgIpc) is 3.07. The number of hydrogen-bond acceptors (Lipinski definition) is 1. The highest BCUT2D eigenvalue weighted by molar-refractivity contribution is 9.11. The molecule has 0 N–H and O–H groups in total. The van der Waals surface area contributed by atoms with Gasteiger partial charge in [-0.15, -0.1) is 0 Å².